The minimum Gasteiger partial charge on any atom is -0.351 e. The number of anilines is 1. The van der Waals surface area contributed by atoms with Gasteiger partial charge in [0.1, 0.15) is 0 Å². The number of nitrogens with zero attached hydrogens (tertiary/aromatic N) is 2. The molecule has 0 aliphatic heterocycles. The fourth-order valence-electron chi connectivity index (χ4n) is 2.78. The zero-order valence-electron chi connectivity index (χ0n) is 11.4. The summed E-state index contributed by atoms with van der Waals surface area (Å²) in [6, 6.07) is 0.498. The fourth-order valence-corrected chi connectivity index (χ4v) is 3.91. The first kappa shape index (κ1) is 12.4. The van der Waals surface area contributed by atoms with Gasteiger partial charge in [-0.2, -0.15) is 0 Å². The molecule has 1 unspecified atom stereocenters. The number of hydrogen-bond acceptors (Lipinski definition) is 4. The van der Waals surface area contributed by atoms with Crippen molar-refractivity contribution < 1.29 is 0 Å². The second-order valence-corrected chi connectivity index (χ2v) is 6.69. The summed E-state index contributed by atoms with van der Waals surface area (Å²) in [4.78, 5) is 8.80. The van der Waals surface area contributed by atoms with Gasteiger partial charge in [-0.15, -0.1) is 11.3 Å². The normalized spacial score (nSPS) is 22.9. The van der Waals surface area contributed by atoms with E-state index >= 15 is 0 Å². The summed E-state index contributed by atoms with van der Waals surface area (Å²) in [6.45, 7) is 4.41. The van der Waals surface area contributed by atoms with Crippen LogP contribution in [0.3, 0.4) is 0 Å². The molecule has 1 N–H and O–H groups in total. The van der Waals surface area contributed by atoms with Crippen LogP contribution in [0.5, 0.6) is 0 Å². The Bertz CT molecular complexity index is 411. The molecule has 1 fully saturated rings. The highest BCUT2D eigenvalue weighted by atomic mass is 32.1. The second-order valence-electron chi connectivity index (χ2n) is 5.63. The summed E-state index contributed by atoms with van der Waals surface area (Å²) >= 11 is 1.92. The van der Waals surface area contributed by atoms with Crippen molar-refractivity contribution in [1.29, 1.82) is 0 Å². The average Bonchev–Trinajstić information content (AvgIpc) is 3.06. The van der Waals surface area contributed by atoms with E-state index in [0.29, 0.717) is 6.04 Å². The Labute approximate surface area is 114 Å². The molecule has 1 atom stereocenters. The van der Waals surface area contributed by atoms with Crippen LogP contribution in [0.1, 0.15) is 49.2 Å². The Morgan fingerprint density at radius 1 is 1.39 bits per heavy atom. The molecule has 0 amide bonds. The van der Waals surface area contributed by atoms with E-state index in [1.807, 2.05) is 11.3 Å². The van der Waals surface area contributed by atoms with Gasteiger partial charge in [0.05, 0.1) is 11.7 Å². The lowest BCUT2D eigenvalue weighted by atomic mass is 9.98. The molecule has 4 heteroatoms. The number of nitrogens with one attached hydrogen (secondary N) is 1. The van der Waals surface area contributed by atoms with Crippen LogP contribution in [0.2, 0.25) is 0 Å². The van der Waals surface area contributed by atoms with Crippen LogP contribution in [0.25, 0.3) is 0 Å². The van der Waals surface area contributed by atoms with E-state index in [1.54, 1.807) is 0 Å². The van der Waals surface area contributed by atoms with Crippen LogP contribution in [0, 0.1) is 5.92 Å². The van der Waals surface area contributed by atoms with E-state index in [1.165, 1.54) is 54.4 Å². The average molecular weight is 265 g/mol. The van der Waals surface area contributed by atoms with Crippen molar-refractivity contribution in [2.45, 2.75) is 45.1 Å². The van der Waals surface area contributed by atoms with Crippen LogP contribution in [0.15, 0.2) is 0 Å². The van der Waals surface area contributed by atoms with E-state index < -0.39 is 0 Å². The van der Waals surface area contributed by atoms with E-state index in [-0.39, 0.29) is 0 Å². The minimum atomic E-state index is 0.498. The van der Waals surface area contributed by atoms with Crippen LogP contribution in [-0.4, -0.2) is 25.1 Å². The van der Waals surface area contributed by atoms with Gasteiger partial charge in [0.2, 0.25) is 0 Å². The van der Waals surface area contributed by atoms with Gasteiger partial charge in [-0.3, -0.25) is 0 Å². The Morgan fingerprint density at radius 3 is 2.94 bits per heavy atom. The third-order valence-electron chi connectivity index (χ3n) is 3.95. The minimum absolute atomic E-state index is 0.498. The summed E-state index contributed by atoms with van der Waals surface area (Å²) in [5.41, 5.74) is 1.34. The van der Waals surface area contributed by atoms with E-state index in [9.17, 15) is 0 Å². The standard InChI is InChI=1S/C14H23N3S/c1-3-15-11-5-4-6-12-13(11)16-14(18-12)17(2)9-10-7-8-10/h10-11,15H,3-9H2,1-2H3. The van der Waals surface area contributed by atoms with Gasteiger partial charge in [-0.1, -0.05) is 6.92 Å². The van der Waals surface area contributed by atoms with Crippen molar-refractivity contribution in [2.75, 3.05) is 25.0 Å². The molecule has 18 heavy (non-hydrogen) atoms. The SMILES string of the molecule is CCNC1CCCc2sc(N(C)CC3CC3)nc21. The Balaban J connectivity index is 1.76. The molecule has 100 valence electrons. The third-order valence-corrected chi connectivity index (χ3v) is 5.19. The Kier molecular flexibility index (Phi) is 3.57. The Hall–Kier alpha value is -0.610. The fraction of sp³-hybridized carbons (Fsp3) is 0.786. The molecule has 3 nitrogen and oxygen atoms in total. The van der Waals surface area contributed by atoms with Gasteiger partial charge in [-0.25, -0.2) is 4.98 Å². The van der Waals surface area contributed by atoms with Gasteiger partial charge >= 0.3 is 0 Å². The van der Waals surface area contributed by atoms with Crippen LogP contribution < -0.4 is 10.2 Å². The summed E-state index contributed by atoms with van der Waals surface area (Å²) < 4.78 is 0. The Morgan fingerprint density at radius 2 is 2.22 bits per heavy atom. The van der Waals surface area contributed by atoms with E-state index in [2.05, 4.69) is 24.2 Å². The van der Waals surface area contributed by atoms with Crippen molar-refractivity contribution in [3.8, 4) is 0 Å². The van der Waals surface area contributed by atoms with Gasteiger partial charge in [0.15, 0.2) is 5.13 Å². The highest BCUT2D eigenvalue weighted by Crippen LogP contribution is 2.38. The molecule has 0 bridgehead atoms. The largest absolute Gasteiger partial charge is 0.351 e. The summed E-state index contributed by atoms with van der Waals surface area (Å²) in [6.07, 6.45) is 6.60. The monoisotopic (exact) mass is 265 g/mol. The molecule has 1 saturated carbocycles. The number of rotatable bonds is 5. The predicted octanol–water partition coefficient (Wildman–Crippen LogP) is 2.98. The topological polar surface area (TPSA) is 28.2 Å². The third kappa shape index (κ3) is 2.54. The van der Waals surface area contributed by atoms with Crippen LogP contribution in [-0.2, 0) is 6.42 Å². The number of thiazole rings is 1. The highest BCUT2D eigenvalue weighted by Gasteiger charge is 2.27. The molecule has 0 aromatic carbocycles. The molecule has 2 aliphatic rings. The molecule has 0 radical (unpaired) electrons. The van der Waals surface area contributed by atoms with Crippen molar-refractivity contribution >= 4 is 16.5 Å². The number of fused-ring (bicyclic) bond motifs is 1. The maximum Gasteiger partial charge on any atom is 0.185 e. The highest BCUT2D eigenvalue weighted by molar-refractivity contribution is 7.15. The molecular formula is C14H23N3S. The molecule has 0 saturated heterocycles. The van der Waals surface area contributed by atoms with Gasteiger partial charge in [0, 0.05) is 18.5 Å². The maximum absolute atomic E-state index is 4.91. The molecule has 1 aromatic heterocycles. The maximum atomic E-state index is 4.91. The number of aromatic nitrogens is 1. The van der Waals surface area contributed by atoms with Gasteiger partial charge in [0.25, 0.3) is 0 Å². The van der Waals surface area contributed by atoms with E-state index in [4.69, 9.17) is 4.98 Å². The summed E-state index contributed by atoms with van der Waals surface area (Å²) in [5.74, 6) is 0.931. The first-order chi connectivity index (χ1) is 8.78. The first-order valence-electron chi connectivity index (χ1n) is 7.22. The lowest BCUT2D eigenvalue weighted by Crippen LogP contribution is -2.25. The predicted molar refractivity (Wildman–Crippen MR) is 77.5 cm³/mol. The van der Waals surface area contributed by atoms with Crippen molar-refractivity contribution in [3.05, 3.63) is 10.6 Å². The van der Waals surface area contributed by atoms with Crippen molar-refractivity contribution in [3.63, 3.8) is 0 Å². The molecule has 2 aliphatic carbocycles. The summed E-state index contributed by atoms with van der Waals surface area (Å²) in [7, 11) is 2.20. The van der Waals surface area contributed by atoms with Gasteiger partial charge in [-0.05, 0) is 44.6 Å². The van der Waals surface area contributed by atoms with E-state index in [0.717, 1.165) is 12.5 Å². The van der Waals surface area contributed by atoms with Crippen molar-refractivity contribution in [1.82, 2.24) is 10.3 Å². The quantitative estimate of drug-likeness (QED) is 0.887. The van der Waals surface area contributed by atoms with Crippen LogP contribution in [0.4, 0.5) is 5.13 Å². The molecule has 1 heterocycles. The lowest BCUT2D eigenvalue weighted by molar-refractivity contribution is 0.465. The smallest absolute Gasteiger partial charge is 0.185 e. The van der Waals surface area contributed by atoms with Crippen molar-refractivity contribution in [2.24, 2.45) is 5.92 Å². The number of aryl methyl sites for hydroxylation is 1. The molecule has 3 rings (SSSR count). The first-order valence-corrected chi connectivity index (χ1v) is 8.03. The molecular weight excluding hydrogens is 242 g/mol. The lowest BCUT2D eigenvalue weighted by Gasteiger charge is -2.21. The molecule has 0 spiro atoms. The van der Waals surface area contributed by atoms with Crippen LogP contribution >= 0.6 is 11.3 Å². The molecule has 1 aromatic rings. The number of hydrogen-bond donors (Lipinski definition) is 1. The second kappa shape index (κ2) is 5.17. The van der Waals surface area contributed by atoms with Gasteiger partial charge < -0.3 is 10.2 Å². The zero-order valence-corrected chi connectivity index (χ0v) is 12.2. The zero-order chi connectivity index (χ0) is 12.5. The summed E-state index contributed by atoms with van der Waals surface area (Å²) in [5, 5.41) is 4.80.